The van der Waals surface area contributed by atoms with Crippen LogP contribution in [0.5, 0.6) is 0 Å². The first kappa shape index (κ1) is 14.6. The third-order valence-electron chi connectivity index (χ3n) is 3.70. The zero-order valence-electron chi connectivity index (χ0n) is 12.2. The van der Waals surface area contributed by atoms with Crippen molar-refractivity contribution >= 4 is 11.8 Å². The molecular weight excluding hydrogens is 258 g/mol. The third kappa shape index (κ3) is 3.19. The van der Waals surface area contributed by atoms with Crippen LogP contribution in [0, 0.1) is 6.92 Å². The molecule has 2 rings (SSSR count). The molecule has 6 heteroatoms. The van der Waals surface area contributed by atoms with Crippen molar-refractivity contribution < 1.29 is 14.3 Å². The minimum atomic E-state index is -0.138. The molecule has 1 atom stereocenters. The largest absolute Gasteiger partial charge is 0.373 e. The molecule has 0 saturated carbocycles. The normalized spacial score (nSPS) is 18.9. The Hall–Kier alpha value is -1.82. The molecule has 2 amide bonds. The second-order valence-electron chi connectivity index (χ2n) is 5.09. The van der Waals surface area contributed by atoms with Crippen LogP contribution in [0.1, 0.15) is 23.0 Å². The number of carbonyl (C=O) groups excluding carboxylic acids is 2. The lowest BCUT2D eigenvalue weighted by atomic mass is 10.2. The first-order chi connectivity index (χ1) is 9.49. The Morgan fingerprint density at radius 1 is 1.50 bits per heavy atom. The monoisotopic (exact) mass is 279 g/mol. The van der Waals surface area contributed by atoms with Crippen molar-refractivity contribution in [1.82, 2.24) is 14.8 Å². The molecule has 1 aliphatic rings. The number of hydrogen-bond donors (Lipinski definition) is 1. The molecule has 1 aliphatic heterocycles. The molecule has 0 unspecified atom stereocenters. The fourth-order valence-corrected chi connectivity index (χ4v) is 2.28. The van der Waals surface area contributed by atoms with Crippen molar-refractivity contribution in [2.24, 2.45) is 7.05 Å². The van der Waals surface area contributed by atoms with E-state index in [1.807, 2.05) is 24.7 Å². The van der Waals surface area contributed by atoms with Gasteiger partial charge in [-0.05, 0) is 13.0 Å². The second kappa shape index (κ2) is 6.09. The van der Waals surface area contributed by atoms with Gasteiger partial charge < -0.3 is 19.5 Å². The highest BCUT2D eigenvalue weighted by Gasteiger charge is 2.23. The molecule has 20 heavy (non-hydrogen) atoms. The number of rotatable bonds is 3. The van der Waals surface area contributed by atoms with Gasteiger partial charge in [-0.15, -0.1) is 0 Å². The molecule has 2 heterocycles. The highest BCUT2D eigenvalue weighted by molar-refractivity contribution is 5.95. The minimum Gasteiger partial charge on any atom is -0.373 e. The lowest BCUT2D eigenvalue weighted by molar-refractivity contribution is -0.136. The van der Waals surface area contributed by atoms with Crippen LogP contribution in [0.3, 0.4) is 0 Å². The SMILES string of the molecule is CC(=O)N1CCO[C@@H](CNC(=O)c2ccn(C)c2C)C1. The molecule has 1 fully saturated rings. The molecule has 110 valence electrons. The Balaban J connectivity index is 1.87. The molecule has 1 saturated heterocycles. The van der Waals surface area contributed by atoms with Crippen molar-refractivity contribution in [3.63, 3.8) is 0 Å². The van der Waals surface area contributed by atoms with Gasteiger partial charge in [-0.3, -0.25) is 9.59 Å². The maximum Gasteiger partial charge on any atom is 0.253 e. The molecular formula is C14H21N3O3. The predicted octanol–water partition coefficient (Wildman–Crippen LogP) is 0.311. The molecule has 0 aliphatic carbocycles. The number of hydrogen-bond acceptors (Lipinski definition) is 3. The Morgan fingerprint density at radius 3 is 2.85 bits per heavy atom. The Morgan fingerprint density at radius 2 is 2.25 bits per heavy atom. The molecule has 1 aromatic heterocycles. The van der Waals surface area contributed by atoms with Crippen LogP contribution in [0.25, 0.3) is 0 Å². The van der Waals surface area contributed by atoms with Crippen molar-refractivity contribution in [3.8, 4) is 0 Å². The lowest BCUT2D eigenvalue weighted by Gasteiger charge is -2.32. The van der Waals surface area contributed by atoms with E-state index in [0.29, 0.717) is 31.8 Å². The van der Waals surface area contributed by atoms with Gasteiger partial charge in [0.15, 0.2) is 0 Å². The molecule has 1 N–H and O–H groups in total. The summed E-state index contributed by atoms with van der Waals surface area (Å²) in [5.41, 5.74) is 1.60. The highest BCUT2D eigenvalue weighted by atomic mass is 16.5. The summed E-state index contributed by atoms with van der Waals surface area (Å²) in [6.45, 7) is 5.54. The van der Waals surface area contributed by atoms with E-state index in [-0.39, 0.29) is 17.9 Å². The van der Waals surface area contributed by atoms with Crippen LogP contribution in [0.2, 0.25) is 0 Å². The summed E-state index contributed by atoms with van der Waals surface area (Å²) in [6.07, 6.45) is 1.72. The smallest absolute Gasteiger partial charge is 0.253 e. The number of nitrogens with one attached hydrogen (secondary N) is 1. The molecule has 0 radical (unpaired) electrons. The van der Waals surface area contributed by atoms with Crippen LogP contribution in [0.4, 0.5) is 0 Å². The molecule has 1 aromatic rings. The van der Waals surface area contributed by atoms with Gasteiger partial charge in [-0.25, -0.2) is 0 Å². The fraction of sp³-hybridized carbons (Fsp3) is 0.571. The van der Waals surface area contributed by atoms with E-state index in [1.165, 1.54) is 0 Å². The van der Waals surface area contributed by atoms with Crippen LogP contribution in [-0.4, -0.2) is 53.6 Å². The fourth-order valence-electron chi connectivity index (χ4n) is 2.28. The van der Waals surface area contributed by atoms with Crippen LogP contribution in [0.15, 0.2) is 12.3 Å². The third-order valence-corrected chi connectivity index (χ3v) is 3.70. The average molecular weight is 279 g/mol. The summed E-state index contributed by atoms with van der Waals surface area (Å²) in [6, 6.07) is 1.80. The summed E-state index contributed by atoms with van der Waals surface area (Å²) >= 11 is 0. The zero-order valence-corrected chi connectivity index (χ0v) is 12.2. The topological polar surface area (TPSA) is 63.6 Å². The van der Waals surface area contributed by atoms with Gasteiger partial charge in [0.25, 0.3) is 5.91 Å². The first-order valence-corrected chi connectivity index (χ1v) is 6.76. The van der Waals surface area contributed by atoms with E-state index in [0.717, 1.165) is 5.69 Å². The summed E-state index contributed by atoms with van der Waals surface area (Å²) in [5, 5.41) is 2.87. The number of nitrogens with zero attached hydrogens (tertiary/aromatic N) is 2. The van der Waals surface area contributed by atoms with Gasteiger partial charge in [-0.1, -0.05) is 0 Å². The Labute approximate surface area is 118 Å². The van der Waals surface area contributed by atoms with E-state index in [2.05, 4.69) is 5.32 Å². The van der Waals surface area contributed by atoms with Crippen molar-refractivity contribution in [1.29, 1.82) is 0 Å². The van der Waals surface area contributed by atoms with Crippen LogP contribution in [-0.2, 0) is 16.6 Å². The van der Waals surface area contributed by atoms with Crippen LogP contribution >= 0.6 is 0 Å². The number of morpholine rings is 1. The maximum atomic E-state index is 12.1. The number of amides is 2. The van der Waals surface area contributed by atoms with Gasteiger partial charge in [0, 0.05) is 45.5 Å². The number of aromatic nitrogens is 1. The Kier molecular flexibility index (Phi) is 4.44. The van der Waals surface area contributed by atoms with E-state index in [9.17, 15) is 9.59 Å². The van der Waals surface area contributed by atoms with Crippen LogP contribution < -0.4 is 5.32 Å². The second-order valence-corrected chi connectivity index (χ2v) is 5.09. The number of aryl methyl sites for hydroxylation is 1. The average Bonchev–Trinajstić information content (AvgIpc) is 2.77. The van der Waals surface area contributed by atoms with Crippen molar-refractivity contribution in [2.75, 3.05) is 26.2 Å². The minimum absolute atomic E-state index is 0.0449. The van der Waals surface area contributed by atoms with E-state index in [4.69, 9.17) is 4.74 Å². The number of carbonyl (C=O) groups is 2. The maximum absolute atomic E-state index is 12.1. The molecule has 0 bridgehead atoms. The summed E-state index contributed by atoms with van der Waals surface area (Å²) in [7, 11) is 1.90. The van der Waals surface area contributed by atoms with E-state index < -0.39 is 0 Å². The zero-order chi connectivity index (χ0) is 14.7. The number of ether oxygens (including phenoxy) is 1. The predicted molar refractivity (Wildman–Crippen MR) is 74.5 cm³/mol. The van der Waals surface area contributed by atoms with Crippen molar-refractivity contribution in [2.45, 2.75) is 20.0 Å². The summed E-state index contributed by atoms with van der Waals surface area (Å²) < 4.78 is 7.47. The van der Waals surface area contributed by atoms with Gasteiger partial charge >= 0.3 is 0 Å². The first-order valence-electron chi connectivity index (χ1n) is 6.76. The standard InChI is InChI=1S/C14H21N3O3/c1-10-13(4-5-16(10)3)14(19)15-8-12-9-17(11(2)18)6-7-20-12/h4-5,12H,6-9H2,1-3H3,(H,15,19)/t12-/m0/s1. The van der Waals surface area contributed by atoms with Gasteiger partial charge in [-0.2, -0.15) is 0 Å². The van der Waals surface area contributed by atoms with Gasteiger partial charge in [0.05, 0.1) is 18.3 Å². The summed E-state index contributed by atoms with van der Waals surface area (Å²) in [5.74, 6) is -0.0600. The molecule has 0 spiro atoms. The van der Waals surface area contributed by atoms with E-state index >= 15 is 0 Å². The Bertz CT molecular complexity index is 510. The quantitative estimate of drug-likeness (QED) is 0.866. The van der Waals surface area contributed by atoms with Gasteiger partial charge in [0.2, 0.25) is 5.91 Å². The molecule has 6 nitrogen and oxygen atoms in total. The molecule has 0 aromatic carbocycles. The highest BCUT2D eigenvalue weighted by Crippen LogP contribution is 2.09. The van der Waals surface area contributed by atoms with Gasteiger partial charge in [0.1, 0.15) is 0 Å². The van der Waals surface area contributed by atoms with Crippen molar-refractivity contribution in [3.05, 3.63) is 23.5 Å². The van der Waals surface area contributed by atoms with E-state index in [1.54, 1.807) is 17.9 Å². The lowest BCUT2D eigenvalue weighted by Crippen LogP contribution is -2.49. The summed E-state index contributed by atoms with van der Waals surface area (Å²) in [4.78, 5) is 25.2.